The first kappa shape index (κ1) is 14.0. The number of methoxy groups -OCH3 is 1. The third kappa shape index (κ3) is 4.36. The van der Waals surface area contributed by atoms with Gasteiger partial charge in [-0.05, 0) is 32.0 Å². The van der Waals surface area contributed by atoms with Crippen LogP contribution in [0.25, 0.3) is 0 Å². The fourth-order valence-corrected chi connectivity index (χ4v) is 1.85. The molecule has 0 saturated carbocycles. The predicted octanol–water partition coefficient (Wildman–Crippen LogP) is 2.08. The second-order valence-corrected chi connectivity index (χ2v) is 4.46. The molecule has 1 aromatic carbocycles. The lowest BCUT2D eigenvalue weighted by Crippen LogP contribution is -2.27. The van der Waals surface area contributed by atoms with Crippen LogP contribution in [0.4, 0.5) is 0 Å². The monoisotopic (exact) mass is 236 g/mol. The van der Waals surface area contributed by atoms with Gasteiger partial charge in [-0.1, -0.05) is 31.0 Å². The minimum absolute atomic E-state index is 0.561. The van der Waals surface area contributed by atoms with Gasteiger partial charge in [-0.25, -0.2) is 0 Å². The number of rotatable bonds is 7. The summed E-state index contributed by atoms with van der Waals surface area (Å²) in [5.74, 6) is 1.51. The molecule has 0 saturated heterocycles. The van der Waals surface area contributed by atoms with Crippen molar-refractivity contribution in [2.24, 2.45) is 11.7 Å². The van der Waals surface area contributed by atoms with Gasteiger partial charge < -0.3 is 15.8 Å². The van der Waals surface area contributed by atoms with Crippen molar-refractivity contribution in [3.63, 3.8) is 0 Å². The van der Waals surface area contributed by atoms with Gasteiger partial charge in [-0.15, -0.1) is 0 Å². The van der Waals surface area contributed by atoms with E-state index in [1.54, 1.807) is 7.11 Å². The summed E-state index contributed by atoms with van der Waals surface area (Å²) < 4.78 is 5.35. The Morgan fingerprint density at radius 1 is 1.41 bits per heavy atom. The number of hydrogen-bond donors (Lipinski definition) is 2. The minimum Gasteiger partial charge on any atom is -0.496 e. The molecule has 0 aliphatic heterocycles. The van der Waals surface area contributed by atoms with E-state index in [9.17, 15) is 0 Å². The van der Waals surface area contributed by atoms with Crippen molar-refractivity contribution in [3.05, 3.63) is 29.3 Å². The Hall–Kier alpha value is -1.06. The van der Waals surface area contributed by atoms with Crippen molar-refractivity contribution >= 4 is 0 Å². The molecule has 0 aliphatic carbocycles. The minimum atomic E-state index is 0.561. The average Bonchev–Trinajstić information content (AvgIpc) is 2.35. The standard InChI is InChI=1S/C14H24N2O/c1-4-12(8-15)9-16-10-13-7-11(2)5-6-14(13)17-3/h5-7,12,16H,4,8-10,15H2,1-3H3. The molecule has 96 valence electrons. The molecule has 1 atom stereocenters. The van der Waals surface area contributed by atoms with Crippen molar-refractivity contribution in [2.45, 2.75) is 26.8 Å². The van der Waals surface area contributed by atoms with Gasteiger partial charge in [-0.3, -0.25) is 0 Å². The molecule has 0 bridgehead atoms. The Labute approximate surface area is 104 Å². The molecule has 0 heterocycles. The second kappa shape index (κ2) is 7.30. The van der Waals surface area contributed by atoms with Crippen molar-refractivity contribution in [1.82, 2.24) is 5.32 Å². The maximum atomic E-state index is 5.68. The molecule has 3 heteroatoms. The zero-order valence-corrected chi connectivity index (χ0v) is 11.1. The highest BCUT2D eigenvalue weighted by atomic mass is 16.5. The van der Waals surface area contributed by atoms with Gasteiger partial charge in [0.15, 0.2) is 0 Å². The van der Waals surface area contributed by atoms with E-state index in [0.717, 1.165) is 31.8 Å². The number of benzene rings is 1. The molecule has 0 fully saturated rings. The van der Waals surface area contributed by atoms with Gasteiger partial charge in [0.05, 0.1) is 7.11 Å². The fourth-order valence-electron chi connectivity index (χ4n) is 1.85. The van der Waals surface area contributed by atoms with E-state index >= 15 is 0 Å². The van der Waals surface area contributed by atoms with E-state index in [0.29, 0.717) is 5.92 Å². The zero-order chi connectivity index (χ0) is 12.7. The first-order valence-electron chi connectivity index (χ1n) is 6.25. The first-order chi connectivity index (χ1) is 8.21. The third-order valence-electron chi connectivity index (χ3n) is 3.10. The van der Waals surface area contributed by atoms with Gasteiger partial charge in [0, 0.05) is 12.1 Å². The molecule has 0 aromatic heterocycles. The van der Waals surface area contributed by atoms with Crippen LogP contribution in [0.2, 0.25) is 0 Å². The van der Waals surface area contributed by atoms with Crippen LogP contribution in [-0.4, -0.2) is 20.2 Å². The molecule has 17 heavy (non-hydrogen) atoms. The Morgan fingerprint density at radius 2 is 2.18 bits per heavy atom. The topological polar surface area (TPSA) is 47.3 Å². The van der Waals surface area contributed by atoms with Crippen LogP contribution in [0.3, 0.4) is 0 Å². The first-order valence-corrected chi connectivity index (χ1v) is 6.25. The molecule has 0 radical (unpaired) electrons. The Morgan fingerprint density at radius 3 is 2.76 bits per heavy atom. The highest BCUT2D eigenvalue weighted by Gasteiger charge is 2.05. The van der Waals surface area contributed by atoms with Gasteiger partial charge in [0.1, 0.15) is 5.75 Å². The van der Waals surface area contributed by atoms with E-state index in [1.807, 2.05) is 6.07 Å². The lowest BCUT2D eigenvalue weighted by atomic mass is 10.1. The summed E-state index contributed by atoms with van der Waals surface area (Å²) >= 11 is 0. The Bertz CT molecular complexity index is 335. The van der Waals surface area contributed by atoms with Crippen LogP contribution in [0, 0.1) is 12.8 Å². The maximum absolute atomic E-state index is 5.68. The van der Waals surface area contributed by atoms with E-state index in [4.69, 9.17) is 10.5 Å². The van der Waals surface area contributed by atoms with E-state index in [-0.39, 0.29) is 0 Å². The molecular weight excluding hydrogens is 212 g/mol. The van der Waals surface area contributed by atoms with Crippen LogP contribution in [0.5, 0.6) is 5.75 Å². The van der Waals surface area contributed by atoms with Gasteiger partial charge in [0.2, 0.25) is 0 Å². The van der Waals surface area contributed by atoms with Crippen LogP contribution in [0.15, 0.2) is 18.2 Å². The lowest BCUT2D eigenvalue weighted by Gasteiger charge is -2.15. The number of nitrogens with one attached hydrogen (secondary N) is 1. The highest BCUT2D eigenvalue weighted by Crippen LogP contribution is 2.19. The molecule has 3 nitrogen and oxygen atoms in total. The molecular formula is C14H24N2O. The zero-order valence-electron chi connectivity index (χ0n) is 11.1. The van der Waals surface area contributed by atoms with Crippen molar-refractivity contribution in [3.8, 4) is 5.75 Å². The SMILES string of the molecule is CCC(CN)CNCc1cc(C)ccc1OC. The molecule has 1 unspecified atom stereocenters. The number of aryl methyl sites for hydroxylation is 1. The quantitative estimate of drug-likeness (QED) is 0.762. The van der Waals surface area contributed by atoms with Crippen LogP contribution < -0.4 is 15.8 Å². The number of ether oxygens (including phenoxy) is 1. The second-order valence-electron chi connectivity index (χ2n) is 4.46. The number of nitrogens with two attached hydrogens (primary N) is 1. The van der Waals surface area contributed by atoms with Crippen molar-refractivity contribution in [2.75, 3.05) is 20.2 Å². The normalized spacial score (nSPS) is 12.5. The third-order valence-corrected chi connectivity index (χ3v) is 3.10. The van der Waals surface area contributed by atoms with Gasteiger partial charge >= 0.3 is 0 Å². The number of hydrogen-bond acceptors (Lipinski definition) is 3. The summed E-state index contributed by atoms with van der Waals surface area (Å²) in [6, 6.07) is 6.25. The van der Waals surface area contributed by atoms with E-state index in [1.165, 1.54) is 11.1 Å². The predicted molar refractivity (Wildman–Crippen MR) is 72.3 cm³/mol. The largest absolute Gasteiger partial charge is 0.496 e. The molecule has 0 aliphatic rings. The average molecular weight is 236 g/mol. The Kier molecular flexibility index (Phi) is 6.01. The van der Waals surface area contributed by atoms with Crippen molar-refractivity contribution in [1.29, 1.82) is 0 Å². The highest BCUT2D eigenvalue weighted by molar-refractivity contribution is 5.36. The van der Waals surface area contributed by atoms with Crippen molar-refractivity contribution < 1.29 is 4.74 Å². The lowest BCUT2D eigenvalue weighted by molar-refractivity contribution is 0.404. The molecule has 3 N–H and O–H groups in total. The summed E-state index contributed by atoms with van der Waals surface area (Å²) in [6.45, 7) is 6.81. The van der Waals surface area contributed by atoms with E-state index in [2.05, 4.69) is 31.3 Å². The fraction of sp³-hybridized carbons (Fsp3) is 0.571. The molecule has 1 rings (SSSR count). The summed E-state index contributed by atoms with van der Waals surface area (Å²) in [5.41, 5.74) is 8.14. The molecule has 0 amide bonds. The Balaban J connectivity index is 2.53. The molecule has 0 spiro atoms. The smallest absolute Gasteiger partial charge is 0.123 e. The van der Waals surface area contributed by atoms with Crippen LogP contribution >= 0.6 is 0 Å². The van der Waals surface area contributed by atoms with Gasteiger partial charge in [0.25, 0.3) is 0 Å². The summed E-state index contributed by atoms with van der Waals surface area (Å²) in [6.07, 6.45) is 1.12. The van der Waals surface area contributed by atoms with Crippen LogP contribution in [0.1, 0.15) is 24.5 Å². The molecule has 1 aromatic rings. The summed E-state index contributed by atoms with van der Waals surface area (Å²) in [4.78, 5) is 0. The van der Waals surface area contributed by atoms with E-state index < -0.39 is 0 Å². The summed E-state index contributed by atoms with van der Waals surface area (Å²) in [7, 11) is 1.71. The van der Waals surface area contributed by atoms with Crippen LogP contribution in [-0.2, 0) is 6.54 Å². The maximum Gasteiger partial charge on any atom is 0.123 e. The van der Waals surface area contributed by atoms with Gasteiger partial charge in [-0.2, -0.15) is 0 Å². The summed E-state index contributed by atoms with van der Waals surface area (Å²) in [5, 5.41) is 3.45.